The van der Waals surface area contributed by atoms with Gasteiger partial charge in [-0.15, -0.1) is 0 Å². The Balaban J connectivity index is 1.46. The molecule has 1 aromatic carbocycles. The zero-order valence-electron chi connectivity index (χ0n) is 16.4. The number of benzene rings is 1. The predicted octanol–water partition coefficient (Wildman–Crippen LogP) is 2.99. The summed E-state index contributed by atoms with van der Waals surface area (Å²) in [6, 6.07) is 7.57. The number of amides is 1. The second-order valence-electron chi connectivity index (χ2n) is 7.14. The van der Waals surface area contributed by atoms with Crippen LogP contribution in [0.15, 0.2) is 36.7 Å². The lowest BCUT2D eigenvalue weighted by Crippen LogP contribution is -2.35. The minimum atomic E-state index is -0.120. The summed E-state index contributed by atoms with van der Waals surface area (Å²) in [7, 11) is 0. The van der Waals surface area contributed by atoms with Gasteiger partial charge >= 0.3 is 0 Å². The van der Waals surface area contributed by atoms with E-state index in [-0.39, 0.29) is 11.9 Å². The van der Waals surface area contributed by atoms with Crippen LogP contribution in [0.1, 0.15) is 24.1 Å². The summed E-state index contributed by atoms with van der Waals surface area (Å²) in [5, 5.41) is 19.6. The summed E-state index contributed by atoms with van der Waals surface area (Å²) >= 11 is 0. The van der Waals surface area contributed by atoms with Gasteiger partial charge in [0.05, 0.1) is 18.4 Å². The molecule has 0 bridgehead atoms. The van der Waals surface area contributed by atoms with Gasteiger partial charge in [-0.1, -0.05) is 6.07 Å². The van der Waals surface area contributed by atoms with E-state index in [0.29, 0.717) is 17.5 Å². The fourth-order valence-electron chi connectivity index (χ4n) is 3.21. The van der Waals surface area contributed by atoms with Crippen LogP contribution < -0.4 is 21.3 Å². The van der Waals surface area contributed by atoms with E-state index in [4.69, 9.17) is 0 Å². The highest BCUT2D eigenvalue weighted by atomic mass is 16.2. The van der Waals surface area contributed by atoms with Gasteiger partial charge in [-0.25, -0.2) is 4.98 Å². The molecule has 0 aliphatic carbocycles. The van der Waals surface area contributed by atoms with Crippen molar-refractivity contribution in [1.82, 2.24) is 25.5 Å². The average molecular weight is 392 g/mol. The van der Waals surface area contributed by atoms with Gasteiger partial charge in [0.2, 0.25) is 5.91 Å². The molecule has 1 aliphatic rings. The zero-order valence-corrected chi connectivity index (χ0v) is 16.4. The van der Waals surface area contributed by atoms with E-state index >= 15 is 0 Å². The molecule has 0 spiro atoms. The second-order valence-corrected chi connectivity index (χ2v) is 7.14. The largest absolute Gasteiger partial charge is 0.339 e. The number of anilines is 5. The predicted molar refractivity (Wildman–Crippen MR) is 113 cm³/mol. The van der Waals surface area contributed by atoms with Crippen molar-refractivity contribution >= 4 is 34.7 Å². The van der Waals surface area contributed by atoms with Gasteiger partial charge in [-0.05, 0) is 50.9 Å². The van der Waals surface area contributed by atoms with E-state index in [2.05, 4.69) is 41.4 Å². The Morgan fingerprint density at radius 3 is 2.66 bits per heavy atom. The molecule has 1 saturated heterocycles. The van der Waals surface area contributed by atoms with Crippen LogP contribution in [0.5, 0.6) is 0 Å². The quantitative estimate of drug-likeness (QED) is 0.437. The van der Waals surface area contributed by atoms with Crippen LogP contribution in [0.25, 0.3) is 0 Å². The number of nitrogens with zero attached hydrogens (tertiary/aromatic N) is 3. The number of aromatic amines is 1. The third-order valence-corrected chi connectivity index (χ3v) is 4.74. The van der Waals surface area contributed by atoms with Gasteiger partial charge in [-0.2, -0.15) is 5.10 Å². The van der Waals surface area contributed by atoms with Crippen LogP contribution in [0.3, 0.4) is 0 Å². The number of hydrogen-bond acceptors (Lipinski definition) is 7. The van der Waals surface area contributed by atoms with Crippen LogP contribution in [-0.4, -0.2) is 38.7 Å². The van der Waals surface area contributed by atoms with Crippen molar-refractivity contribution in [3.05, 3.63) is 47.9 Å². The van der Waals surface area contributed by atoms with Crippen molar-refractivity contribution in [2.45, 2.75) is 32.7 Å². The maximum Gasteiger partial charge on any atom is 0.241 e. The molecule has 3 aromatic rings. The number of carbonyl (C=O) groups is 1. The van der Waals surface area contributed by atoms with Crippen LogP contribution in [-0.2, 0) is 4.79 Å². The highest BCUT2D eigenvalue weighted by Gasteiger charge is 2.22. The fraction of sp³-hybridized carbons (Fsp3) is 0.300. The lowest BCUT2D eigenvalue weighted by Gasteiger charge is -2.15. The van der Waals surface area contributed by atoms with Crippen molar-refractivity contribution in [3.63, 3.8) is 0 Å². The molecule has 9 heteroatoms. The van der Waals surface area contributed by atoms with Gasteiger partial charge in [-0.3, -0.25) is 14.9 Å². The molecule has 0 radical (unpaired) electrons. The maximum absolute atomic E-state index is 12.4. The standard InChI is InChI=1S/C20H24N8O/c1-12-5-6-14(9-16(12)24-20(29)15-4-3-7-22-15)23-18-10-21-11-19(26-18)25-17-8-13(2)27-28-17/h5-6,8-11,15,22H,3-4,7H2,1-2H3,(H,24,29)(H3,23,25,26,27,28)/t15-/m1/s1. The highest BCUT2D eigenvalue weighted by molar-refractivity contribution is 5.96. The fourth-order valence-corrected chi connectivity index (χ4v) is 3.21. The third-order valence-electron chi connectivity index (χ3n) is 4.74. The number of nitrogens with one attached hydrogen (secondary N) is 5. The Morgan fingerprint density at radius 1 is 1.10 bits per heavy atom. The number of aromatic nitrogens is 4. The monoisotopic (exact) mass is 392 g/mol. The Hall–Kier alpha value is -3.46. The summed E-state index contributed by atoms with van der Waals surface area (Å²) in [6.07, 6.45) is 5.17. The Bertz CT molecular complexity index is 1010. The number of rotatable bonds is 6. The van der Waals surface area contributed by atoms with Gasteiger partial charge in [0.15, 0.2) is 17.5 Å². The molecule has 29 heavy (non-hydrogen) atoms. The minimum absolute atomic E-state index is 0.00281. The molecule has 150 valence electrons. The van der Waals surface area contributed by atoms with Crippen molar-refractivity contribution < 1.29 is 4.79 Å². The van der Waals surface area contributed by atoms with Crippen molar-refractivity contribution in [2.75, 3.05) is 22.5 Å². The number of H-pyrrole nitrogens is 1. The molecule has 3 heterocycles. The first-order valence-electron chi connectivity index (χ1n) is 9.60. The van der Waals surface area contributed by atoms with Crippen molar-refractivity contribution in [2.24, 2.45) is 0 Å². The molecule has 1 amide bonds. The van der Waals surface area contributed by atoms with Gasteiger partial charge < -0.3 is 21.3 Å². The van der Waals surface area contributed by atoms with E-state index in [1.807, 2.05) is 38.1 Å². The maximum atomic E-state index is 12.4. The van der Waals surface area contributed by atoms with Gasteiger partial charge in [0.1, 0.15) is 0 Å². The first kappa shape index (κ1) is 18.9. The normalized spacial score (nSPS) is 15.9. The lowest BCUT2D eigenvalue weighted by molar-refractivity contribution is -0.117. The molecule has 2 aromatic heterocycles. The van der Waals surface area contributed by atoms with Crippen molar-refractivity contribution in [3.8, 4) is 0 Å². The lowest BCUT2D eigenvalue weighted by atomic mass is 10.1. The molecule has 0 unspecified atom stereocenters. The molecule has 1 aliphatic heterocycles. The van der Waals surface area contributed by atoms with E-state index in [0.717, 1.165) is 42.0 Å². The molecule has 9 nitrogen and oxygen atoms in total. The summed E-state index contributed by atoms with van der Waals surface area (Å²) in [5.74, 6) is 1.84. The molecule has 1 fully saturated rings. The molecule has 4 rings (SSSR count). The Morgan fingerprint density at radius 2 is 1.93 bits per heavy atom. The average Bonchev–Trinajstić information content (AvgIpc) is 3.37. The molecule has 1 atom stereocenters. The molecular formula is C20H24N8O. The zero-order chi connectivity index (χ0) is 20.2. The van der Waals surface area contributed by atoms with Crippen LogP contribution in [0.4, 0.5) is 28.8 Å². The summed E-state index contributed by atoms with van der Waals surface area (Å²) < 4.78 is 0. The van der Waals surface area contributed by atoms with Gasteiger partial charge in [0, 0.05) is 23.1 Å². The molecular weight excluding hydrogens is 368 g/mol. The topological polar surface area (TPSA) is 120 Å². The van der Waals surface area contributed by atoms with Crippen LogP contribution in [0.2, 0.25) is 0 Å². The summed E-state index contributed by atoms with van der Waals surface area (Å²) in [6.45, 7) is 4.79. The highest BCUT2D eigenvalue weighted by Crippen LogP contribution is 2.24. The summed E-state index contributed by atoms with van der Waals surface area (Å²) in [5.41, 5.74) is 3.55. The third kappa shape index (κ3) is 4.69. The van der Waals surface area contributed by atoms with E-state index in [9.17, 15) is 4.79 Å². The Labute approximate surface area is 168 Å². The minimum Gasteiger partial charge on any atom is -0.339 e. The number of aryl methyl sites for hydroxylation is 2. The summed E-state index contributed by atoms with van der Waals surface area (Å²) in [4.78, 5) is 21.2. The molecule has 5 N–H and O–H groups in total. The van der Waals surface area contributed by atoms with Crippen molar-refractivity contribution in [1.29, 1.82) is 0 Å². The smallest absolute Gasteiger partial charge is 0.241 e. The Kier molecular flexibility index (Phi) is 5.39. The van der Waals surface area contributed by atoms with Crippen LogP contribution >= 0.6 is 0 Å². The van der Waals surface area contributed by atoms with Crippen LogP contribution in [0, 0.1) is 13.8 Å². The van der Waals surface area contributed by atoms with E-state index < -0.39 is 0 Å². The van der Waals surface area contributed by atoms with E-state index in [1.165, 1.54) is 0 Å². The number of carbonyl (C=O) groups excluding carboxylic acids is 1. The number of hydrogen-bond donors (Lipinski definition) is 5. The second kappa shape index (κ2) is 8.27. The van der Waals surface area contributed by atoms with Gasteiger partial charge in [0.25, 0.3) is 0 Å². The molecule has 0 saturated carbocycles. The first-order valence-corrected chi connectivity index (χ1v) is 9.60. The van der Waals surface area contributed by atoms with E-state index in [1.54, 1.807) is 12.4 Å². The SMILES string of the molecule is Cc1cc(Nc2cncc(Nc3ccc(C)c(NC(=O)[C@H]4CCCN4)c3)n2)n[nH]1. The first-order chi connectivity index (χ1) is 14.1.